The van der Waals surface area contributed by atoms with Crippen molar-refractivity contribution in [1.82, 2.24) is 5.32 Å². The highest BCUT2D eigenvalue weighted by Gasteiger charge is 2.43. The maximum absolute atomic E-state index is 3.63. The van der Waals surface area contributed by atoms with Crippen molar-refractivity contribution in [3.63, 3.8) is 0 Å². The molecule has 1 saturated carbocycles. The summed E-state index contributed by atoms with van der Waals surface area (Å²) in [4.78, 5) is 1.41. The van der Waals surface area contributed by atoms with Crippen LogP contribution >= 0.6 is 11.8 Å². The van der Waals surface area contributed by atoms with Crippen molar-refractivity contribution >= 4 is 11.8 Å². The van der Waals surface area contributed by atoms with E-state index in [-0.39, 0.29) is 0 Å². The van der Waals surface area contributed by atoms with E-state index in [9.17, 15) is 0 Å². The third-order valence-electron chi connectivity index (χ3n) is 3.27. The lowest BCUT2D eigenvalue weighted by Crippen LogP contribution is -2.33. The van der Waals surface area contributed by atoms with Gasteiger partial charge in [0, 0.05) is 22.2 Å². The minimum atomic E-state index is 0.491. The summed E-state index contributed by atoms with van der Waals surface area (Å²) in [5, 5.41) is 3.63. The molecule has 1 nitrogen and oxygen atoms in total. The zero-order valence-electron chi connectivity index (χ0n) is 10.2. The van der Waals surface area contributed by atoms with Crippen LogP contribution in [0.5, 0.6) is 0 Å². The normalized spacial score (nSPS) is 19.4. The number of nitrogens with one attached hydrogen (secondary N) is 1. The minimum Gasteiger partial charge on any atom is -0.313 e. The van der Waals surface area contributed by atoms with Crippen LogP contribution in [0.15, 0.2) is 35.2 Å². The molecule has 0 amide bonds. The second kappa shape index (κ2) is 5.24. The van der Waals surface area contributed by atoms with Gasteiger partial charge in [0.15, 0.2) is 0 Å². The fraction of sp³-hybridized carbons (Fsp3) is 0.571. The van der Waals surface area contributed by atoms with E-state index in [1.807, 2.05) is 11.8 Å². The number of benzene rings is 1. The van der Waals surface area contributed by atoms with E-state index in [1.165, 1.54) is 24.2 Å². The summed E-state index contributed by atoms with van der Waals surface area (Å²) >= 11 is 2.05. The highest BCUT2D eigenvalue weighted by molar-refractivity contribution is 8.01. The number of thioether (sulfide) groups is 1. The zero-order chi connectivity index (χ0) is 11.4. The van der Waals surface area contributed by atoms with Gasteiger partial charge in [-0.05, 0) is 38.3 Å². The van der Waals surface area contributed by atoms with Gasteiger partial charge in [-0.3, -0.25) is 0 Å². The van der Waals surface area contributed by atoms with Crippen molar-refractivity contribution in [1.29, 1.82) is 0 Å². The molecular weight excluding hydrogens is 214 g/mol. The van der Waals surface area contributed by atoms with Crippen molar-refractivity contribution in [3.05, 3.63) is 30.3 Å². The molecule has 0 heterocycles. The molecule has 0 spiro atoms. The fourth-order valence-corrected chi connectivity index (χ4v) is 2.95. The molecule has 2 rings (SSSR count). The van der Waals surface area contributed by atoms with Crippen LogP contribution in [0.2, 0.25) is 0 Å². The SMILES string of the molecule is CCC(C)NCC1(Sc2ccccc2)CC1. The Morgan fingerprint density at radius 3 is 2.56 bits per heavy atom. The van der Waals surface area contributed by atoms with Gasteiger partial charge in [-0.15, -0.1) is 11.8 Å². The van der Waals surface area contributed by atoms with Gasteiger partial charge in [0.25, 0.3) is 0 Å². The van der Waals surface area contributed by atoms with Crippen LogP contribution in [0.4, 0.5) is 0 Å². The first kappa shape index (κ1) is 12.0. The Labute approximate surface area is 103 Å². The van der Waals surface area contributed by atoms with E-state index in [0.29, 0.717) is 10.8 Å². The highest BCUT2D eigenvalue weighted by Crippen LogP contribution is 2.51. The first-order chi connectivity index (χ1) is 7.74. The first-order valence-corrected chi connectivity index (χ1v) is 7.03. The summed E-state index contributed by atoms with van der Waals surface area (Å²) in [6, 6.07) is 11.4. The summed E-state index contributed by atoms with van der Waals surface area (Å²) in [5.74, 6) is 0. The Bertz CT molecular complexity index is 319. The maximum atomic E-state index is 3.63. The summed E-state index contributed by atoms with van der Waals surface area (Å²) < 4.78 is 0.491. The number of hydrogen-bond acceptors (Lipinski definition) is 2. The van der Waals surface area contributed by atoms with Crippen LogP contribution in [-0.2, 0) is 0 Å². The molecule has 0 saturated heterocycles. The summed E-state index contributed by atoms with van der Waals surface area (Å²) in [6.45, 7) is 5.66. The molecule has 88 valence electrons. The van der Waals surface area contributed by atoms with Gasteiger partial charge in [0.05, 0.1) is 0 Å². The molecule has 1 aliphatic rings. The smallest absolute Gasteiger partial charge is 0.0332 e. The lowest BCUT2D eigenvalue weighted by atomic mass is 10.2. The Morgan fingerprint density at radius 2 is 2.00 bits per heavy atom. The molecule has 0 aromatic heterocycles. The molecule has 2 heteroatoms. The molecule has 1 atom stereocenters. The highest BCUT2D eigenvalue weighted by atomic mass is 32.2. The molecule has 1 fully saturated rings. The predicted molar refractivity (Wildman–Crippen MR) is 72.0 cm³/mol. The van der Waals surface area contributed by atoms with Crippen molar-refractivity contribution in [2.75, 3.05) is 6.54 Å². The van der Waals surface area contributed by atoms with Gasteiger partial charge in [0.1, 0.15) is 0 Å². The zero-order valence-corrected chi connectivity index (χ0v) is 11.0. The summed E-state index contributed by atoms with van der Waals surface area (Å²) in [5.41, 5.74) is 0. The van der Waals surface area contributed by atoms with E-state index in [0.717, 1.165) is 6.54 Å². The number of rotatable bonds is 6. The van der Waals surface area contributed by atoms with Crippen LogP contribution in [-0.4, -0.2) is 17.3 Å². The van der Waals surface area contributed by atoms with Crippen LogP contribution < -0.4 is 5.32 Å². The second-order valence-electron chi connectivity index (χ2n) is 4.79. The predicted octanol–water partition coefficient (Wildman–Crippen LogP) is 3.70. The van der Waals surface area contributed by atoms with Gasteiger partial charge < -0.3 is 5.32 Å². The molecule has 1 aliphatic carbocycles. The van der Waals surface area contributed by atoms with Crippen LogP contribution in [0.3, 0.4) is 0 Å². The number of hydrogen-bond donors (Lipinski definition) is 1. The molecule has 1 aromatic rings. The van der Waals surface area contributed by atoms with E-state index < -0.39 is 0 Å². The Kier molecular flexibility index (Phi) is 3.93. The van der Waals surface area contributed by atoms with Crippen LogP contribution in [0.25, 0.3) is 0 Å². The van der Waals surface area contributed by atoms with Gasteiger partial charge in [-0.2, -0.15) is 0 Å². The van der Waals surface area contributed by atoms with Crippen LogP contribution in [0.1, 0.15) is 33.1 Å². The van der Waals surface area contributed by atoms with Crippen LogP contribution in [0, 0.1) is 0 Å². The van der Waals surface area contributed by atoms with Crippen molar-refractivity contribution in [2.24, 2.45) is 0 Å². The van der Waals surface area contributed by atoms with E-state index in [4.69, 9.17) is 0 Å². The third kappa shape index (κ3) is 3.26. The van der Waals surface area contributed by atoms with Gasteiger partial charge in [-0.1, -0.05) is 25.1 Å². The Hall–Kier alpha value is -0.470. The quantitative estimate of drug-likeness (QED) is 0.807. The second-order valence-corrected chi connectivity index (χ2v) is 6.33. The minimum absolute atomic E-state index is 0.491. The molecule has 16 heavy (non-hydrogen) atoms. The van der Waals surface area contributed by atoms with Crippen molar-refractivity contribution in [3.8, 4) is 0 Å². The van der Waals surface area contributed by atoms with E-state index in [1.54, 1.807) is 0 Å². The molecule has 0 bridgehead atoms. The largest absolute Gasteiger partial charge is 0.313 e. The molecule has 1 aromatic carbocycles. The molecular formula is C14H21NS. The van der Waals surface area contributed by atoms with E-state index in [2.05, 4.69) is 49.5 Å². The average molecular weight is 235 g/mol. The monoisotopic (exact) mass is 235 g/mol. The lowest BCUT2D eigenvalue weighted by Gasteiger charge is -2.18. The first-order valence-electron chi connectivity index (χ1n) is 6.21. The van der Waals surface area contributed by atoms with Gasteiger partial charge in [0.2, 0.25) is 0 Å². The lowest BCUT2D eigenvalue weighted by molar-refractivity contribution is 0.527. The van der Waals surface area contributed by atoms with Gasteiger partial charge >= 0.3 is 0 Å². The van der Waals surface area contributed by atoms with E-state index >= 15 is 0 Å². The topological polar surface area (TPSA) is 12.0 Å². The Balaban J connectivity index is 1.85. The molecule has 0 radical (unpaired) electrons. The van der Waals surface area contributed by atoms with Crippen molar-refractivity contribution in [2.45, 2.75) is 48.8 Å². The standard InChI is InChI=1S/C14H21NS/c1-3-12(2)15-11-14(9-10-14)16-13-7-5-4-6-8-13/h4-8,12,15H,3,9-11H2,1-2H3. The maximum Gasteiger partial charge on any atom is 0.0332 e. The molecule has 0 aliphatic heterocycles. The fourth-order valence-electron chi connectivity index (χ4n) is 1.70. The average Bonchev–Trinajstić information content (AvgIpc) is 3.08. The molecule has 1 N–H and O–H groups in total. The molecule has 1 unspecified atom stereocenters. The third-order valence-corrected chi connectivity index (χ3v) is 4.76. The van der Waals surface area contributed by atoms with Crippen molar-refractivity contribution < 1.29 is 0 Å². The summed E-state index contributed by atoms with van der Waals surface area (Å²) in [6.07, 6.45) is 3.93. The summed E-state index contributed by atoms with van der Waals surface area (Å²) in [7, 11) is 0. The Morgan fingerprint density at radius 1 is 1.31 bits per heavy atom. The van der Waals surface area contributed by atoms with Gasteiger partial charge in [-0.25, -0.2) is 0 Å².